The molecule has 2 heterocycles. The molecule has 0 spiro atoms. The van der Waals surface area contributed by atoms with Crippen LogP contribution in [-0.4, -0.2) is 33.4 Å². The SMILES string of the molecule is CC1(C)OC(=O)C(C(=N)c2cnc(C3CC3)nc2)C(=O)O1. The number of carbonyl (C=O) groups excluding carboxylic acids is 2. The molecule has 1 aliphatic carbocycles. The summed E-state index contributed by atoms with van der Waals surface area (Å²) >= 11 is 0. The molecule has 0 atom stereocenters. The van der Waals surface area contributed by atoms with Crippen LogP contribution in [0, 0.1) is 11.3 Å². The van der Waals surface area contributed by atoms with E-state index in [-0.39, 0.29) is 5.71 Å². The highest BCUT2D eigenvalue weighted by molar-refractivity contribution is 6.22. The molecular formula is C14H15N3O4. The molecule has 7 nitrogen and oxygen atoms in total. The lowest BCUT2D eigenvalue weighted by Crippen LogP contribution is -2.49. The maximum atomic E-state index is 11.9. The van der Waals surface area contributed by atoms with E-state index in [2.05, 4.69) is 9.97 Å². The van der Waals surface area contributed by atoms with Gasteiger partial charge < -0.3 is 14.9 Å². The molecular weight excluding hydrogens is 274 g/mol. The molecule has 0 aromatic carbocycles. The number of hydrogen-bond donors (Lipinski definition) is 1. The molecule has 1 aromatic heterocycles. The van der Waals surface area contributed by atoms with Crippen molar-refractivity contribution in [2.75, 3.05) is 0 Å². The molecule has 1 N–H and O–H groups in total. The summed E-state index contributed by atoms with van der Waals surface area (Å²) in [6, 6.07) is 0. The highest BCUT2D eigenvalue weighted by Gasteiger charge is 2.46. The van der Waals surface area contributed by atoms with Gasteiger partial charge in [0, 0.05) is 37.7 Å². The molecule has 2 fully saturated rings. The number of esters is 2. The maximum absolute atomic E-state index is 11.9. The molecule has 1 aliphatic heterocycles. The lowest BCUT2D eigenvalue weighted by atomic mass is 9.97. The van der Waals surface area contributed by atoms with Crippen LogP contribution in [0.25, 0.3) is 0 Å². The van der Waals surface area contributed by atoms with E-state index in [0.29, 0.717) is 11.5 Å². The number of aromatic nitrogens is 2. The molecule has 7 heteroatoms. The van der Waals surface area contributed by atoms with Crippen LogP contribution in [0.5, 0.6) is 0 Å². The van der Waals surface area contributed by atoms with E-state index in [1.54, 1.807) is 0 Å². The lowest BCUT2D eigenvalue weighted by molar-refractivity contribution is -0.235. The summed E-state index contributed by atoms with van der Waals surface area (Å²) in [7, 11) is 0. The number of rotatable bonds is 3. The van der Waals surface area contributed by atoms with Crippen molar-refractivity contribution in [1.29, 1.82) is 5.41 Å². The van der Waals surface area contributed by atoms with Crippen molar-refractivity contribution >= 4 is 17.7 Å². The van der Waals surface area contributed by atoms with Gasteiger partial charge in [-0.25, -0.2) is 9.97 Å². The Morgan fingerprint density at radius 2 is 1.71 bits per heavy atom. The largest absolute Gasteiger partial charge is 0.422 e. The number of nitrogens with one attached hydrogen (secondary N) is 1. The molecule has 2 aliphatic rings. The third-order valence-electron chi connectivity index (χ3n) is 3.38. The molecule has 1 saturated heterocycles. The number of nitrogens with zero attached hydrogens (tertiary/aromatic N) is 2. The van der Waals surface area contributed by atoms with Crippen LogP contribution in [0.3, 0.4) is 0 Å². The minimum Gasteiger partial charge on any atom is -0.422 e. The van der Waals surface area contributed by atoms with Crippen molar-refractivity contribution in [3.8, 4) is 0 Å². The second-order valence-corrected chi connectivity index (χ2v) is 5.69. The Hall–Kier alpha value is -2.31. The van der Waals surface area contributed by atoms with Gasteiger partial charge in [-0.15, -0.1) is 0 Å². The Balaban J connectivity index is 1.80. The van der Waals surface area contributed by atoms with E-state index in [9.17, 15) is 9.59 Å². The van der Waals surface area contributed by atoms with Gasteiger partial charge in [0.05, 0.1) is 5.71 Å². The summed E-state index contributed by atoms with van der Waals surface area (Å²) in [5.41, 5.74) is 0.112. The third-order valence-corrected chi connectivity index (χ3v) is 3.38. The van der Waals surface area contributed by atoms with E-state index in [0.717, 1.165) is 18.7 Å². The van der Waals surface area contributed by atoms with Crippen LogP contribution in [0.4, 0.5) is 0 Å². The van der Waals surface area contributed by atoms with Gasteiger partial charge in [-0.05, 0) is 12.8 Å². The first-order chi connectivity index (χ1) is 9.87. The van der Waals surface area contributed by atoms with Gasteiger partial charge in [-0.1, -0.05) is 0 Å². The van der Waals surface area contributed by atoms with Crippen LogP contribution in [0.2, 0.25) is 0 Å². The fourth-order valence-corrected chi connectivity index (χ4v) is 2.15. The Kier molecular flexibility index (Phi) is 3.00. The Morgan fingerprint density at radius 3 is 2.19 bits per heavy atom. The van der Waals surface area contributed by atoms with Gasteiger partial charge in [0.2, 0.25) is 0 Å². The normalized spacial score (nSPS) is 21.6. The zero-order valence-electron chi connectivity index (χ0n) is 11.8. The fraction of sp³-hybridized carbons (Fsp3) is 0.500. The van der Waals surface area contributed by atoms with Crippen molar-refractivity contribution in [2.24, 2.45) is 5.92 Å². The predicted molar refractivity (Wildman–Crippen MR) is 70.6 cm³/mol. The van der Waals surface area contributed by atoms with E-state index in [4.69, 9.17) is 14.9 Å². The second kappa shape index (κ2) is 4.61. The van der Waals surface area contributed by atoms with Crippen molar-refractivity contribution < 1.29 is 19.1 Å². The number of carbonyl (C=O) groups is 2. The third kappa shape index (κ3) is 2.63. The van der Waals surface area contributed by atoms with Crippen LogP contribution >= 0.6 is 0 Å². The maximum Gasteiger partial charge on any atom is 0.329 e. The van der Waals surface area contributed by atoms with Crippen molar-refractivity contribution in [1.82, 2.24) is 9.97 Å². The Labute approximate surface area is 121 Å². The molecule has 21 heavy (non-hydrogen) atoms. The predicted octanol–water partition coefficient (Wildman–Crippen LogP) is 1.17. The minimum absolute atomic E-state index is 0.206. The minimum atomic E-state index is -1.38. The van der Waals surface area contributed by atoms with E-state index in [1.807, 2.05) is 0 Å². The first kappa shape index (κ1) is 13.7. The summed E-state index contributed by atoms with van der Waals surface area (Å²) in [5, 5.41) is 8.03. The summed E-state index contributed by atoms with van der Waals surface area (Å²) in [6.45, 7) is 2.94. The smallest absolute Gasteiger partial charge is 0.329 e. The highest BCUT2D eigenvalue weighted by atomic mass is 16.7. The standard InChI is InChI=1S/C14H15N3O4/c1-14(2)20-12(18)9(13(19)21-14)10(15)8-5-16-11(17-6-8)7-3-4-7/h5-7,9,15H,3-4H2,1-2H3. The molecule has 1 saturated carbocycles. The van der Waals surface area contributed by atoms with Crippen molar-refractivity contribution in [2.45, 2.75) is 38.4 Å². The fourth-order valence-electron chi connectivity index (χ4n) is 2.15. The average Bonchev–Trinajstić information content (AvgIpc) is 3.20. The molecule has 0 bridgehead atoms. The zero-order valence-corrected chi connectivity index (χ0v) is 11.8. The quantitative estimate of drug-likeness (QED) is 0.509. The van der Waals surface area contributed by atoms with Crippen LogP contribution in [0.15, 0.2) is 12.4 Å². The Morgan fingerprint density at radius 1 is 1.19 bits per heavy atom. The van der Waals surface area contributed by atoms with Crippen molar-refractivity contribution in [3.05, 3.63) is 23.8 Å². The van der Waals surface area contributed by atoms with Gasteiger partial charge in [-0.2, -0.15) is 0 Å². The van der Waals surface area contributed by atoms with E-state index in [1.165, 1.54) is 26.2 Å². The molecule has 0 amide bonds. The van der Waals surface area contributed by atoms with Gasteiger partial charge in [0.15, 0.2) is 5.92 Å². The van der Waals surface area contributed by atoms with Crippen molar-refractivity contribution in [3.63, 3.8) is 0 Å². The van der Waals surface area contributed by atoms with Crippen LogP contribution < -0.4 is 0 Å². The van der Waals surface area contributed by atoms with E-state index < -0.39 is 23.6 Å². The number of ether oxygens (including phenoxy) is 2. The molecule has 110 valence electrons. The Bertz CT molecular complexity index is 600. The summed E-state index contributed by atoms with van der Waals surface area (Å²) in [4.78, 5) is 32.2. The molecule has 0 radical (unpaired) electrons. The zero-order chi connectivity index (χ0) is 15.2. The summed E-state index contributed by atoms with van der Waals surface area (Å²) in [6.07, 6.45) is 5.08. The number of hydrogen-bond acceptors (Lipinski definition) is 7. The van der Waals surface area contributed by atoms with E-state index >= 15 is 0 Å². The molecule has 3 rings (SSSR count). The summed E-state index contributed by atoms with van der Waals surface area (Å²) < 4.78 is 10.0. The summed E-state index contributed by atoms with van der Waals surface area (Å²) in [5.74, 6) is -3.11. The van der Waals surface area contributed by atoms with Gasteiger partial charge in [-0.3, -0.25) is 9.59 Å². The lowest BCUT2D eigenvalue weighted by Gasteiger charge is -2.32. The van der Waals surface area contributed by atoms with Gasteiger partial charge >= 0.3 is 11.9 Å². The van der Waals surface area contributed by atoms with Gasteiger partial charge in [0.1, 0.15) is 5.82 Å². The van der Waals surface area contributed by atoms with Crippen LogP contribution in [0.1, 0.15) is 44.0 Å². The first-order valence-corrected chi connectivity index (χ1v) is 6.74. The monoisotopic (exact) mass is 289 g/mol. The molecule has 1 aromatic rings. The number of cyclic esters (lactones) is 2. The first-order valence-electron chi connectivity index (χ1n) is 6.74. The topological polar surface area (TPSA) is 102 Å². The van der Waals surface area contributed by atoms with Crippen LogP contribution in [-0.2, 0) is 19.1 Å². The molecule has 0 unspecified atom stereocenters. The second-order valence-electron chi connectivity index (χ2n) is 5.69. The van der Waals surface area contributed by atoms with Gasteiger partial charge in [0.25, 0.3) is 5.79 Å². The average molecular weight is 289 g/mol. The highest BCUT2D eigenvalue weighted by Crippen LogP contribution is 2.37.